The number of nitrogens with one attached hydrogen (secondary N) is 2. The molecule has 2 aliphatic heterocycles. The molecule has 2 heterocycles. The van der Waals surface area contributed by atoms with E-state index in [4.69, 9.17) is 4.74 Å². The van der Waals surface area contributed by atoms with E-state index < -0.39 is 0 Å². The third-order valence-electron chi connectivity index (χ3n) is 4.95. The van der Waals surface area contributed by atoms with Crippen LogP contribution in [0.4, 0.5) is 0 Å². The number of hydrogen-bond acceptors (Lipinski definition) is 5. The van der Waals surface area contributed by atoms with Crippen LogP contribution in [0.25, 0.3) is 0 Å². The summed E-state index contributed by atoms with van der Waals surface area (Å²) in [4.78, 5) is 28.2. The molecule has 7 heteroatoms. The summed E-state index contributed by atoms with van der Waals surface area (Å²) in [5.74, 6) is 1.00. The number of hydrogen-bond donors (Lipinski definition) is 2. The first-order chi connectivity index (χ1) is 11.7. The average Bonchev–Trinajstić information content (AvgIpc) is 2.61. The monoisotopic (exact) mass is 340 g/mol. The van der Waals surface area contributed by atoms with Gasteiger partial charge in [0.25, 0.3) is 0 Å². The lowest BCUT2D eigenvalue weighted by Crippen LogP contribution is -2.51. The number of amides is 2. The second-order valence-corrected chi connectivity index (χ2v) is 6.73. The Balaban J connectivity index is 1.59. The van der Waals surface area contributed by atoms with E-state index in [0.717, 1.165) is 45.7 Å². The van der Waals surface area contributed by atoms with Gasteiger partial charge in [-0.15, -0.1) is 0 Å². The second-order valence-electron chi connectivity index (χ2n) is 6.73. The van der Waals surface area contributed by atoms with Gasteiger partial charge >= 0.3 is 0 Å². The smallest absolute Gasteiger partial charge is 0.234 e. The minimum absolute atomic E-state index is 0.0257. The molecule has 2 saturated heterocycles. The maximum Gasteiger partial charge on any atom is 0.234 e. The fraction of sp³-hybridized carbons (Fsp3) is 0.882. The SMILES string of the molecule is COCCNC(=O)CN1CCN(C(=O)CCC2CCNCC2)CC1. The zero-order valence-corrected chi connectivity index (χ0v) is 14.9. The second kappa shape index (κ2) is 10.6. The Labute approximate surface area is 145 Å². The number of nitrogens with zero attached hydrogens (tertiary/aromatic N) is 2. The summed E-state index contributed by atoms with van der Waals surface area (Å²) in [6.45, 7) is 6.67. The predicted molar refractivity (Wildman–Crippen MR) is 92.7 cm³/mol. The van der Waals surface area contributed by atoms with E-state index in [1.54, 1.807) is 7.11 Å². The maximum atomic E-state index is 12.3. The number of carbonyl (C=O) groups is 2. The van der Waals surface area contributed by atoms with Crippen molar-refractivity contribution in [1.29, 1.82) is 0 Å². The van der Waals surface area contributed by atoms with Crippen molar-refractivity contribution in [2.75, 3.05) is 66.1 Å². The minimum Gasteiger partial charge on any atom is -0.383 e. The Morgan fingerprint density at radius 3 is 2.54 bits per heavy atom. The molecule has 0 radical (unpaired) electrons. The number of piperidine rings is 1. The van der Waals surface area contributed by atoms with Crippen LogP contribution in [-0.2, 0) is 14.3 Å². The average molecular weight is 340 g/mol. The molecule has 2 N–H and O–H groups in total. The van der Waals surface area contributed by atoms with Crippen LogP contribution in [0.5, 0.6) is 0 Å². The van der Waals surface area contributed by atoms with Crippen molar-refractivity contribution in [3.63, 3.8) is 0 Å². The molecule has 0 aromatic carbocycles. The van der Waals surface area contributed by atoms with Gasteiger partial charge < -0.3 is 20.3 Å². The molecular weight excluding hydrogens is 308 g/mol. The molecule has 0 aliphatic carbocycles. The van der Waals surface area contributed by atoms with E-state index in [1.165, 1.54) is 12.8 Å². The Kier molecular flexibility index (Phi) is 8.49. The van der Waals surface area contributed by atoms with Crippen molar-refractivity contribution in [1.82, 2.24) is 20.4 Å². The fourth-order valence-corrected chi connectivity index (χ4v) is 3.36. The van der Waals surface area contributed by atoms with Gasteiger partial charge in [0.2, 0.25) is 11.8 Å². The van der Waals surface area contributed by atoms with Crippen molar-refractivity contribution >= 4 is 11.8 Å². The van der Waals surface area contributed by atoms with Crippen LogP contribution in [0.15, 0.2) is 0 Å². The lowest BCUT2D eigenvalue weighted by Gasteiger charge is -2.34. The Bertz CT molecular complexity index is 391. The molecule has 2 fully saturated rings. The van der Waals surface area contributed by atoms with Crippen LogP contribution in [0.2, 0.25) is 0 Å². The van der Waals surface area contributed by atoms with Gasteiger partial charge in [0.15, 0.2) is 0 Å². The van der Waals surface area contributed by atoms with Crippen molar-refractivity contribution < 1.29 is 14.3 Å². The third kappa shape index (κ3) is 6.75. The maximum absolute atomic E-state index is 12.3. The number of ether oxygens (including phenoxy) is 1. The van der Waals surface area contributed by atoms with Crippen molar-refractivity contribution in [2.45, 2.75) is 25.7 Å². The van der Waals surface area contributed by atoms with Gasteiger partial charge in [-0.3, -0.25) is 14.5 Å². The normalized spacial score (nSPS) is 20.1. The van der Waals surface area contributed by atoms with Gasteiger partial charge in [0.05, 0.1) is 13.2 Å². The predicted octanol–water partition coefficient (Wildman–Crippen LogP) is -0.327. The van der Waals surface area contributed by atoms with Crippen LogP contribution >= 0.6 is 0 Å². The summed E-state index contributed by atoms with van der Waals surface area (Å²) >= 11 is 0. The molecule has 2 rings (SSSR count). The molecule has 0 unspecified atom stereocenters. The van der Waals surface area contributed by atoms with Gasteiger partial charge in [-0.1, -0.05) is 0 Å². The number of carbonyl (C=O) groups excluding carboxylic acids is 2. The van der Waals surface area contributed by atoms with Crippen LogP contribution in [0, 0.1) is 5.92 Å². The molecule has 2 amide bonds. The Hall–Kier alpha value is -1.18. The van der Waals surface area contributed by atoms with Crippen LogP contribution in [0.1, 0.15) is 25.7 Å². The highest BCUT2D eigenvalue weighted by molar-refractivity contribution is 5.78. The zero-order chi connectivity index (χ0) is 17.2. The molecule has 138 valence electrons. The van der Waals surface area contributed by atoms with Gasteiger partial charge in [0.1, 0.15) is 0 Å². The molecule has 0 atom stereocenters. The third-order valence-corrected chi connectivity index (χ3v) is 4.95. The van der Waals surface area contributed by atoms with E-state index in [2.05, 4.69) is 15.5 Å². The molecule has 7 nitrogen and oxygen atoms in total. The molecular formula is C17H32N4O3. The molecule has 0 spiro atoms. The van der Waals surface area contributed by atoms with Gasteiger partial charge in [-0.05, 0) is 38.3 Å². The number of rotatable bonds is 8. The molecule has 0 bridgehead atoms. The van der Waals surface area contributed by atoms with E-state index >= 15 is 0 Å². The molecule has 0 saturated carbocycles. The largest absolute Gasteiger partial charge is 0.383 e. The highest BCUT2D eigenvalue weighted by Crippen LogP contribution is 2.18. The standard InChI is InChI=1S/C17H32N4O3/c1-24-13-8-19-16(22)14-20-9-11-21(12-10-20)17(23)3-2-15-4-6-18-7-5-15/h15,18H,2-14H2,1H3,(H,19,22). The summed E-state index contributed by atoms with van der Waals surface area (Å²) in [7, 11) is 1.62. The highest BCUT2D eigenvalue weighted by atomic mass is 16.5. The quantitative estimate of drug-likeness (QED) is 0.592. The highest BCUT2D eigenvalue weighted by Gasteiger charge is 2.23. The molecule has 24 heavy (non-hydrogen) atoms. The Morgan fingerprint density at radius 1 is 1.17 bits per heavy atom. The zero-order valence-electron chi connectivity index (χ0n) is 14.9. The van der Waals surface area contributed by atoms with Gasteiger partial charge in [-0.2, -0.15) is 0 Å². The molecule has 0 aromatic rings. The van der Waals surface area contributed by atoms with Crippen molar-refractivity contribution in [2.24, 2.45) is 5.92 Å². The van der Waals surface area contributed by atoms with Crippen molar-refractivity contribution in [3.8, 4) is 0 Å². The lowest BCUT2D eigenvalue weighted by molar-refractivity contribution is -0.133. The summed E-state index contributed by atoms with van der Waals surface area (Å²) < 4.78 is 4.91. The van der Waals surface area contributed by atoms with E-state index in [9.17, 15) is 9.59 Å². The van der Waals surface area contributed by atoms with Crippen LogP contribution in [-0.4, -0.2) is 87.7 Å². The number of piperazine rings is 1. The fourth-order valence-electron chi connectivity index (χ4n) is 3.36. The van der Waals surface area contributed by atoms with Crippen molar-refractivity contribution in [3.05, 3.63) is 0 Å². The molecule has 0 aromatic heterocycles. The first kappa shape index (κ1) is 19.1. The van der Waals surface area contributed by atoms with Gasteiger partial charge in [-0.25, -0.2) is 0 Å². The van der Waals surface area contributed by atoms with Gasteiger partial charge in [0, 0.05) is 46.3 Å². The van der Waals surface area contributed by atoms with Crippen LogP contribution in [0.3, 0.4) is 0 Å². The number of methoxy groups -OCH3 is 1. The summed E-state index contributed by atoms with van der Waals surface area (Å²) in [6.07, 6.45) is 4.07. The topological polar surface area (TPSA) is 73.9 Å². The molecule has 2 aliphatic rings. The van der Waals surface area contributed by atoms with E-state index in [0.29, 0.717) is 32.0 Å². The van der Waals surface area contributed by atoms with E-state index in [-0.39, 0.29) is 11.8 Å². The summed E-state index contributed by atoms with van der Waals surface area (Å²) in [5.41, 5.74) is 0. The first-order valence-corrected chi connectivity index (χ1v) is 9.15. The summed E-state index contributed by atoms with van der Waals surface area (Å²) in [6, 6.07) is 0. The minimum atomic E-state index is 0.0257. The summed E-state index contributed by atoms with van der Waals surface area (Å²) in [5, 5.41) is 6.19. The van der Waals surface area contributed by atoms with Crippen LogP contribution < -0.4 is 10.6 Å². The first-order valence-electron chi connectivity index (χ1n) is 9.15. The Morgan fingerprint density at radius 2 is 1.88 bits per heavy atom. The lowest BCUT2D eigenvalue weighted by atomic mass is 9.93. The van der Waals surface area contributed by atoms with E-state index in [1.807, 2.05) is 4.90 Å².